The molecule has 0 saturated heterocycles. The minimum Gasteiger partial charge on any atom is -0.328 e. The highest BCUT2D eigenvalue weighted by Gasteiger charge is 2.14. The number of hydrogen-bond acceptors (Lipinski definition) is 5. The van der Waals surface area contributed by atoms with Crippen LogP contribution in [-0.4, -0.2) is 44.3 Å². The lowest BCUT2D eigenvalue weighted by molar-refractivity contribution is 0.168. The molecule has 5 nitrogen and oxygen atoms in total. The van der Waals surface area contributed by atoms with E-state index in [0.717, 1.165) is 25.7 Å². The molecule has 20 heavy (non-hydrogen) atoms. The van der Waals surface area contributed by atoms with E-state index in [1.165, 1.54) is 12.8 Å². The van der Waals surface area contributed by atoms with Gasteiger partial charge in [-0.2, -0.15) is 0 Å². The van der Waals surface area contributed by atoms with Crippen molar-refractivity contribution in [2.45, 2.75) is 64.5 Å². The van der Waals surface area contributed by atoms with Crippen LogP contribution in [0.5, 0.6) is 0 Å². The van der Waals surface area contributed by atoms with E-state index < -0.39 is 8.60 Å². The molecule has 3 N–H and O–H groups in total. The van der Waals surface area contributed by atoms with Crippen LogP contribution in [0.1, 0.15) is 52.4 Å². The molecule has 0 spiro atoms. The Kier molecular flexibility index (Phi) is 14.3. The van der Waals surface area contributed by atoms with Gasteiger partial charge in [0, 0.05) is 12.1 Å². The van der Waals surface area contributed by atoms with Crippen molar-refractivity contribution >= 4 is 8.60 Å². The SMILES string of the molecule is CCCCC(COP(O)OCC(CCCC)NC)NC. The molecule has 0 aliphatic heterocycles. The minimum absolute atomic E-state index is 0.288. The van der Waals surface area contributed by atoms with Gasteiger partial charge < -0.3 is 24.6 Å². The minimum atomic E-state index is -1.77. The van der Waals surface area contributed by atoms with Crippen molar-refractivity contribution in [3.05, 3.63) is 0 Å². The van der Waals surface area contributed by atoms with Gasteiger partial charge in [0.25, 0.3) is 0 Å². The van der Waals surface area contributed by atoms with E-state index in [1.807, 2.05) is 14.1 Å². The van der Waals surface area contributed by atoms with E-state index in [9.17, 15) is 4.89 Å². The van der Waals surface area contributed by atoms with Crippen molar-refractivity contribution in [3.63, 3.8) is 0 Å². The molecule has 0 amide bonds. The third-order valence-electron chi connectivity index (χ3n) is 3.40. The Morgan fingerprint density at radius 2 is 1.30 bits per heavy atom. The van der Waals surface area contributed by atoms with Crippen molar-refractivity contribution in [1.82, 2.24) is 10.6 Å². The summed E-state index contributed by atoms with van der Waals surface area (Å²) in [6.45, 7) is 5.34. The van der Waals surface area contributed by atoms with Crippen molar-refractivity contribution in [1.29, 1.82) is 0 Å². The Balaban J connectivity index is 3.76. The Bertz CT molecular complexity index is 191. The molecule has 0 aliphatic carbocycles. The molecule has 6 heteroatoms. The van der Waals surface area contributed by atoms with Crippen LogP contribution >= 0.6 is 8.60 Å². The molecule has 0 aromatic heterocycles. The van der Waals surface area contributed by atoms with E-state index in [4.69, 9.17) is 9.05 Å². The maximum Gasteiger partial charge on any atom is 0.329 e. The molecule has 0 rings (SSSR count). The van der Waals surface area contributed by atoms with Gasteiger partial charge in [0.15, 0.2) is 0 Å². The lowest BCUT2D eigenvalue weighted by Gasteiger charge is -2.20. The summed E-state index contributed by atoms with van der Waals surface area (Å²) in [5.74, 6) is 0. The molecule has 0 aromatic carbocycles. The van der Waals surface area contributed by atoms with E-state index in [-0.39, 0.29) is 12.1 Å². The van der Waals surface area contributed by atoms with Crippen molar-refractivity contribution in [2.75, 3.05) is 27.3 Å². The maximum atomic E-state index is 9.75. The Morgan fingerprint density at radius 3 is 1.60 bits per heavy atom. The third-order valence-corrected chi connectivity index (χ3v) is 4.14. The molecule has 0 saturated carbocycles. The molecular weight excluding hydrogens is 275 g/mol. The standard InChI is InChI=1S/C14H33N2O3P/c1-5-7-9-13(15-3)11-18-20(17)19-12-14(16-4)10-8-6-2/h13-17H,5-12H2,1-4H3. The van der Waals surface area contributed by atoms with Gasteiger partial charge in [-0.1, -0.05) is 39.5 Å². The molecule has 122 valence electrons. The summed E-state index contributed by atoms with van der Waals surface area (Å²) in [5.41, 5.74) is 0. The predicted molar refractivity (Wildman–Crippen MR) is 85.8 cm³/mol. The van der Waals surface area contributed by atoms with Gasteiger partial charge in [-0.05, 0) is 26.9 Å². The second-order valence-corrected chi connectivity index (χ2v) is 6.08. The van der Waals surface area contributed by atoms with Crippen LogP contribution in [0.4, 0.5) is 0 Å². The summed E-state index contributed by atoms with van der Waals surface area (Å²) in [6.07, 6.45) is 6.79. The van der Waals surface area contributed by atoms with Crippen LogP contribution in [0.25, 0.3) is 0 Å². The first-order valence-electron chi connectivity index (χ1n) is 7.77. The smallest absolute Gasteiger partial charge is 0.328 e. The molecule has 0 radical (unpaired) electrons. The van der Waals surface area contributed by atoms with Crippen LogP contribution in [-0.2, 0) is 9.05 Å². The van der Waals surface area contributed by atoms with Gasteiger partial charge in [-0.3, -0.25) is 0 Å². The number of rotatable bonds is 14. The van der Waals surface area contributed by atoms with Crippen LogP contribution in [0.3, 0.4) is 0 Å². The summed E-state index contributed by atoms with van der Waals surface area (Å²) in [6, 6.07) is 0.576. The highest BCUT2D eigenvalue weighted by Crippen LogP contribution is 2.33. The number of hydrogen-bond donors (Lipinski definition) is 3. The quantitative estimate of drug-likeness (QED) is 0.431. The molecule has 0 fully saturated rings. The summed E-state index contributed by atoms with van der Waals surface area (Å²) < 4.78 is 10.8. The summed E-state index contributed by atoms with van der Waals surface area (Å²) in [7, 11) is 2.08. The van der Waals surface area contributed by atoms with Crippen LogP contribution in [0, 0.1) is 0 Å². The molecule has 0 aromatic rings. The monoisotopic (exact) mass is 308 g/mol. The van der Waals surface area contributed by atoms with E-state index in [2.05, 4.69) is 24.5 Å². The summed E-state index contributed by atoms with van der Waals surface area (Å²) in [5, 5.41) is 6.41. The van der Waals surface area contributed by atoms with Crippen LogP contribution < -0.4 is 10.6 Å². The first kappa shape index (κ1) is 20.2. The number of unbranched alkanes of at least 4 members (excludes halogenated alkanes) is 2. The Labute approximate surface area is 125 Å². The van der Waals surface area contributed by atoms with E-state index in [1.54, 1.807) is 0 Å². The molecule has 0 heterocycles. The average molecular weight is 308 g/mol. The Morgan fingerprint density at radius 1 is 0.900 bits per heavy atom. The average Bonchev–Trinajstić information content (AvgIpc) is 2.47. The zero-order chi connectivity index (χ0) is 15.2. The van der Waals surface area contributed by atoms with Crippen LogP contribution in [0.2, 0.25) is 0 Å². The lowest BCUT2D eigenvalue weighted by atomic mass is 10.1. The molecular formula is C14H33N2O3P. The zero-order valence-corrected chi connectivity index (χ0v) is 14.4. The fraction of sp³-hybridized carbons (Fsp3) is 1.00. The van der Waals surface area contributed by atoms with Gasteiger partial charge in [-0.25, -0.2) is 0 Å². The molecule has 0 aliphatic rings. The largest absolute Gasteiger partial charge is 0.329 e. The zero-order valence-electron chi connectivity index (χ0n) is 13.5. The Hall–Kier alpha value is 0.230. The first-order chi connectivity index (χ1) is 9.67. The van der Waals surface area contributed by atoms with E-state index in [0.29, 0.717) is 13.2 Å². The number of nitrogens with one attached hydrogen (secondary N) is 2. The van der Waals surface area contributed by atoms with Crippen molar-refractivity contribution in [2.24, 2.45) is 0 Å². The summed E-state index contributed by atoms with van der Waals surface area (Å²) >= 11 is 0. The van der Waals surface area contributed by atoms with E-state index >= 15 is 0 Å². The summed E-state index contributed by atoms with van der Waals surface area (Å²) in [4.78, 5) is 9.75. The fourth-order valence-electron chi connectivity index (χ4n) is 1.87. The predicted octanol–water partition coefficient (Wildman–Crippen LogP) is 2.80. The molecule has 0 bridgehead atoms. The fourth-order valence-corrected chi connectivity index (χ4v) is 2.56. The molecule has 2 atom stereocenters. The topological polar surface area (TPSA) is 62.8 Å². The third kappa shape index (κ3) is 11.0. The van der Waals surface area contributed by atoms with Crippen LogP contribution in [0.15, 0.2) is 0 Å². The van der Waals surface area contributed by atoms with Gasteiger partial charge in [0.2, 0.25) is 0 Å². The molecule has 2 unspecified atom stereocenters. The second-order valence-electron chi connectivity index (χ2n) is 5.09. The van der Waals surface area contributed by atoms with Gasteiger partial charge in [0.1, 0.15) is 0 Å². The maximum absolute atomic E-state index is 9.75. The number of likely N-dealkylation sites (N-methyl/N-ethyl adjacent to an activating group) is 2. The van der Waals surface area contributed by atoms with Gasteiger partial charge in [-0.15, -0.1) is 0 Å². The van der Waals surface area contributed by atoms with Gasteiger partial charge in [0.05, 0.1) is 13.2 Å². The van der Waals surface area contributed by atoms with Gasteiger partial charge >= 0.3 is 8.60 Å². The lowest BCUT2D eigenvalue weighted by Crippen LogP contribution is -2.31. The highest BCUT2D eigenvalue weighted by molar-refractivity contribution is 7.40. The highest BCUT2D eigenvalue weighted by atomic mass is 31.2. The second kappa shape index (κ2) is 14.2. The van der Waals surface area contributed by atoms with Crippen molar-refractivity contribution in [3.8, 4) is 0 Å². The first-order valence-corrected chi connectivity index (χ1v) is 8.90. The van der Waals surface area contributed by atoms with Crippen molar-refractivity contribution < 1.29 is 13.9 Å². The normalized spacial score (nSPS) is 16.1.